The van der Waals surface area contributed by atoms with Crippen LogP contribution in [0.5, 0.6) is 5.75 Å². The summed E-state index contributed by atoms with van der Waals surface area (Å²) in [5, 5.41) is -6.06. The van der Waals surface area contributed by atoms with Gasteiger partial charge in [0.1, 0.15) is 5.75 Å². The van der Waals surface area contributed by atoms with Crippen LogP contribution >= 0.6 is 0 Å². The van der Waals surface area contributed by atoms with Gasteiger partial charge < -0.3 is 14.2 Å². The van der Waals surface area contributed by atoms with E-state index >= 15 is 0 Å². The summed E-state index contributed by atoms with van der Waals surface area (Å²) >= 11 is 0. The molecule has 0 aromatic heterocycles. The second kappa shape index (κ2) is 11.0. The minimum absolute atomic E-state index is 0.302. The second-order valence-electron chi connectivity index (χ2n) is 7.34. The maximum Gasteiger partial charge on any atom is 0.468 e. The van der Waals surface area contributed by atoms with Crippen molar-refractivity contribution in [1.29, 1.82) is 0 Å². The molecule has 1 aromatic carbocycles. The molecular weight excluding hydrogens is 578 g/mol. The summed E-state index contributed by atoms with van der Waals surface area (Å²) in [5.74, 6) is -15.9. The van der Waals surface area contributed by atoms with Crippen LogP contribution in [-0.4, -0.2) is 54.7 Å². The maximum absolute atomic E-state index is 13.9. The van der Waals surface area contributed by atoms with Crippen molar-refractivity contribution in [3.63, 3.8) is 0 Å². The van der Waals surface area contributed by atoms with E-state index in [0.29, 0.717) is 24.3 Å². The van der Waals surface area contributed by atoms with Crippen molar-refractivity contribution in [3.05, 3.63) is 42.0 Å². The first-order chi connectivity index (χ1) is 16.9. The Hall–Kier alpha value is -2.93. The Morgan fingerprint density at radius 1 is 0.947 bits per heavy atom. The number of carbonyl (C=O) groups excluding carboxylic acids is 2. The lowest BCUT2D eigenvalue weighted by Crippen LogP contribution is -2.59. The fraction of sp³-hybridized carbons (Fsp3) is 0.474. The summed E-state index contributed by atoms with van der Waals surface area (Å²) in [6.07, 6.45) is -14.7. The lowest BCUT2D eigenvalue weighted by Gasteiger charge is -2.32. The average molecular weight is 594 g/mol. The van der Waals surface area contributed by atoms with Gasteiger partial charge in [0.2, 0.25) is 0 Å². The third-order valence-electron chi connectivity index (χ3n) is 4.31. The summed E-state index contributed by atoms with van der Waals surface area (Å²) in [5.41, 5.74) is -2.06. The minimum atomic E-state index is -6.66. The third kappa shape index (κ3) is 7.34. The van der Waals surface area contributed by atoms with Crippen molar-refractivity contribution >= 4 is 22.1 Å². The fourth-order valence-electron chi connectivity index (χ4n) is 2.33. The Morgan fingerprint density at radius 2 is 1.45 bits per heavy atom. The van der Waals surface area contributed by atoms with Gasteiger partial charge in [0.05, 0.1) is 12.2 Å². The Balaban J connectivity index is 3.29. The van der Waals surface area contributed by atoms with Gasteiger partial charge in [-0.05, 0) is 37.6 Å². The number of ether oxygens (including phenoxy) is 3. The van der Waals surface area contributed by atoms with Crippen molar-refractivity contribution in [3.8, 4) is 5.75 Å². The fourth-order valence-corrected chi connectivity index (χ4v) is 2.81. The van der Waals surface area contributed by atoms with Gasteiger partial charge in [-0.3, -0.25) is 4.55 Å². The van der Waals surface area contributed by atoms with Gasteiger partial charge in [0.15, 0.2) is 0 Å². The van der Waals surface area contributed by atoms with Gasteiger partial charge in [0.25, 0.3) is 0 Å². The Kier molecular flexibility index (Phi) is 9.62. The first kappa shape index (κ1) is 33.1. The summed E-state index contributed by atoms with van der Waals surface area (Å²) in [4.78, 5) is 24.2. The van der Waals surface area contributed by atoms with E-state index in [1.165, 1.54) is 0 Å². The van der Waals surface area contributed by atoms with Crippen molar-refractivity contribution < 1.29 is 80.7 Å². The molecule has 0 heterocycles. The largest absolute Gasteiger partial charge is 0.468 e. The molecule has 0 spiro atoms. The molecule has 0 aliphatic rings. The number of hydrogen-bond acceptors (Lipinski definition) is 7. The molecule has 0 fully saturated rings. The quantitative estimate of drug-likeness (QED) is 0.0732. The predicted molar refractivity (Wildman–Crippen MR) is 103 cm³/mol. The van der Waals surface area contributed by atoms with Gasteiger partial charge in [-0.1, -0.05) is 6.58 Å². The van der Waals surface area contributed by atoms with Gasteiger partial charge in [-0.25, -0.2) is 9.59 Å². The standard InChI is InChI=1S/C19H16F10O8S/c1-10(2)13(30)37-16(18(25,26)27,14(31)36-12-6-4-11(5-7-12)17(22,23)24)35-9-3-8-15(20,21)19(28,29)38(32,33)34/h4-7H,1,3,8-9H2,2H3,(H,32,33,34). The zero-order valence-electron chi connectivity index (χ0n) is 18.6. The molecule has 1 unspecified atom stereocenters. The van der Waals surface area contributed by atoms with Crippen LogP contribution in [0.4, 0.5) is 43.9 Å². The normalized spacial score (nSPS) is 14.9. The van der Waals surface area contributed by atoms with Gasteiger partial charge in [0, 0.05) is 12.0 Å². The van der Waals surface area contributed by atoms with E-state index in [4.69, 9.17) is 4.55 Å². The monoisotopic (exact) mass is 594 g/mol. The maximum atomic E-state index is 13.9. The van der Waals surface area contributed by atoms with Crippen LogP contribution in [0.25, 0.3) is 0 Å². The van der Waals surface area contributed by atoms with Crippen LogP contribution < -0.4 is 4.74 Å². The van der Waals surface area contributed by atoms with Crippen LogP contribution in [-0.2, 0) is 35.4 Å². The Labute approximate surface area is 206 Å². The SMILES string of the molecule is C=C(C)C(=O)OC(OCCCC(F)(F)C(F)(F)S(=O)(=O)O)(C(=O)Oc1ccc(C(F)(F)F)cc1)C(F)(F)F. The average Bonchev–Trinajstić information content (AvgIpc) is 2.73. The van der Waals surface area contributed by atoms with E-state index in [-0.39, 0.29) is 0 Å². The number of carbonyl (C=O) groups is 2. The summed E-state index contributed by atoms with van der Waals surface area (Å²) in [7, 11) is -6.66. The van der Waals surface area contributed by atoms with Crippen molar-refractivity contribution in [1.82, 2.24) is 0 Å². The van der Waals surface area contributed by atoms with Crippen molar-refractivity contribution in [2.45, 2.75) is 49.1 Å². The van der Waals surface area contributed by atoms with Crippen LogP contribution in [0.1, 0.15) is 25.3 Å². The van der Waals surface area contributed by atoms with Crippen LogP contribution in [0.2, 0.25) is 0 Å². The smallest absolute Gasteiger partial charge is 0.421 e. The lowest BCUT2D eigenvalue weighted by atomic mass is 10.2. The highest BCUT2D eigenvalue weighted by Gasteiger charge is 2.68. The molecule has 0 saturated heterocycles. The molecule has 1 atom stereocenters. The summed E-state index contributed by atoms with van der Waals surface area (Å²) < 4.78 is 175. The summed E-state index contributed by atoms with van der Waals surface area (Å²) in [6, 6.07) is 1.41. The van der Waals surface area contributed by atoms with E-state index in [1.54, 1.807) is 0 Å². The van der Waals surface area contributed by atoms with Crippen LogP contribution in [0.3, 0.4) is 0 Å². The van der Waals surface area contributed by atoms with Crippen molar-refractivity contribution in [2.24, 2.45) is 0 Å². The van der Waals surface area contributed by atoms with Crippen LogP contribution in [0, 0.1) is 0 Å². The molecule has 1 N–H and O–H groups in total. The summed E-state index contributed by atoms with van der Waals surface area (Å²) in [6.45, 7) is 2.03. The highest BCUT2D eigenvalue weighted by Crippen LogP contribution is 2.42. The molecule has 0 amide bonds. The molecule has 0 bridgehead atoms. The molecule has 0 aliphatic heterocycles. The molecule has 1 rings (SSSR count). The van der Waals surface area contributed by atoms with E-state index in [2.05, 4.69) is 20.8 Å². The molecule has 19 heteroatoms. The number of alkyl halides is 10. The number of halogens is 10. The minimum Gasteiger partial charge on any atom is -0.421 e. The topological polar surface area (TPSA) is 116 Å². The molecule has 216 valence electrons. The number of hydrogen-bond donors (Lipinski definition) is 1. The third-order valence-corrected chi connectivity index (χ3v) is 5.26. The molecule has 0 aliphatic carbocycles. The molecule has 0 saturated carbocycles. The van der Waals surface area contributed by atoms with E-state index in [1.807, 2.05) is 0 Å². The molecule has 38 heavy (non-hydrogen) atoms. The number of benzene rings is 1. The van der Waals surface area contributed by atoms with Crippen molar-refractivity contribution in [2.75, 3.05) is 6.61 Å². The zero-order chi connectivity index (χ0) is 30.0. The number of esters is 2. The Morgan fingerprint density at radius 3 is 1.84 bits per heavy atom. The van der Waals surface area contributed by atoms with Crippen LogP contribution in [0.15, 0.2) is 36.4 Å². The molecule has 1 aromatic rings. The molecule has 8 nitrogen and oxygen atoms in total. The first-order valence-electron chi connectivity index (χ1n) is 9.61. The second-order valence-corrected chi connectivity index (χ2v) is 8.81. The van der Waals surface area contributed by atoms with E-state index in [0.717, 1.165) is 6.92 Å². The predicted octanol–water partition coefficient (Wildman–Crippen LogP) is 4.90. The highest BCUT2D eigenvalue weighted by atomic mass is 32.2. The van der Waals surface area contributed by atoms with Gasteiger partial charge >= 0.3 is 51.4 Å². The van der Waals surface area contributed by atoms with Gasteiger partial charge in [-0.2, -0.15) is 52.3 Å². The van der Waals surface area contributed by atoms with Gasteiger partial charge in [-0.15, -0.1) is 0 Å². The molecular formula is C19H16F10O8S. The van der Waals surface area contributed by atoms with E-state index in [9.17, 15) is 61.9 Å². The highest BCUT2D eigenvalue weighted by molar-refractivity contribution is 7.87. The molecule has 0 radical (unpaired) electrons. The number of rotatable bonds is 11. The zero-order valence-corrected chi connectivity index (χ0v) is 19.4. The first-order valence-corrected chi connectivity index (χ1v) is 11.0. The lowest BCUT2D eigenvalue weighted by molar-refractivity contribution is -0.352. The van der Waals surface area contributed by atoms with E-state index < -0.39 is 87.7 Å². The Bertz CT molecular complexity index is 1140.